The molecule has 1 aromatic carbocycles. The molecule has 24 heavy (non-hydrogen) atoms. The normalized spacial score (nSPS) is 25.1. The molecule has 0 saturated carbocycles. The molecule has 2 atom stereocenters. The number of hydrogen-bond acceptors (Lipinski definition) is 7. The van der Waals surface area contributed by atoms with E-state index in [2.05, 4.69) is 0 Å². The maximum atomic E-state index is 13.1. The van der Waals surface area contributed by atoms with E-state index in [1.165, 1.54) is 12.1 Å². The molecule has 1 aromatic rings. The second-order valence-corrected chi connectivity index (χ2v) is 8.38. The topological polar surface area (TPSA) is 93.1 Å². The molecule has 0 amide bonds. The number of benzene rings is 1. The van der Waals surface area contributed by atoms with E-state index in [0.29, 0.717) is 11.7 Å². The number of rotatable bonds is 6. The molecule has 1 aliphatic rings. The third-order valence-corrected chi connectivity index (χ3v) is 6.29. The van der Waals surface area contributed by atoms with Crippen molar-refractivity contribution in [1.29, 1.82) is 0 Å². The molecule has 0 bridgehead atoms. The minimum atomic E-state index is -4.21. The van der Waals surface area contributed by atoms with Gasteiger partial charge in [0.2, 0.25) is 9.84 Å². The lowest BCUT2D eigenvalue weighted by Gasteiger charge is -2.30. The first kappa shape index (κ1) is 18.9. The van der Waals surface area contributed by atoms with Crippen molar-refractivity contribution in [2.24, 2.45) is 5.92 Å². The minimum absolute atomic E-state index is 0.0565. The van der Waals surface area contributed by atoms with Crippen LogP contribution in [0.15, 0.2) is 35.2 Å². The molecule has 134 valence electrons. The summed E-state index contributed by atoms with van der Waals surface area (Å²) >= 11 is 0. The number of hydrogen-bond donors (Lipinski definition) is 1. The summed E-state index contributed by atoms with van der Waals surface area (Å²) in [6, 6.07) is 7.55. The van der Waals surface area contributed by atoms with Crippen molar-refractivity contribution in [3.8, 4) is 0 Å². The quantitative estimate of drug-likeness (QED) is 0.771. The van der Waals surface area contributed by atoms with Gasteiger partial charge in [0.15, 0.2) is 0 Å². The average molecular weight is 357 g/mol. The number of hydroxylamine groups is 2. The minimum Gasteiger partial charge on any atom is -0.467 e. The van der Waals surface area contributed by atoms with Crippen molar-refractivity contribution in [1.82, 2.24) is 5.06 Å². The highest BCUT2D eigenvalue weighted by atomic mass is 32.2. The largest absolute Gasteiger partial charge is 0.467 e. The summed E-state index contributed by atoms with van der Waals surface area (Å²) < 4.78 is 36.5. The number of nitrogens with zero attached hydrogens (tertiary/aromatic N) is 1. The van der Waals surface area contributed by atoms with Crippen LogP contribution in [0, 0.1) is 5.92 Å². The highest BCUT2D eigenvalue weighted by molar-refractivity contribution is 7.93. The van der Waals surface area contributed by atoms with Gasteiger partial charge in [-0.25, -0.2) is 13.2 Å². The smallest absolute Gasteiger partial charge is 0.344 e. The summed E-state index contributed by atoms with van der Waals surface area (Å²) in [6.45, 7) is 4.23. The van der Waals surface area contributed by atoms with Crippen molar-refractivity contribution >= 4 is 15.8 Å². The molecule has 1 saturated heterocycles. The van der Waals surface area contributed by atoms with E-state index >= 15 is 0 Å². The Morgan fingerprint density at radius 1 is 1.38 bits per heavy atom. The van der Waals surface area contributed by atoms with Crippen molar-refractivity contribution in [3.63, 3.8) is 0 Å². The van der Waals surface area contributed by atoms with Crippen LogP contribution in [0.2, 0.25) is 0 Å². The molecule has 1 fully saturated rings. The van der Waals surface area contributed by atoms with Crippen molar-refractivity contribution < 1.29 is 27.9 Å². The van der Waals surface area contributed by atoms with Gasteiger partial charge in [-0.2, -0.15) is 5.06 Å². The molecule has 0 aliphatic carbocycles. The molecule has 8 heteroatoms. The Labute approximate surface area is 142 Å². The maximum Gasteiger partial charge on any atom is 0.344 e. The fourth-order valence-corrected chi connectivity index (χ4v) is 4.73. The van der Waals surface area contributed by atoms with Crippen molar-refractivity contribution in [3.05, 3.63) is 30.3 Å². The van der Waals surface area contributed by atoms with Gasteiger partial charge in [0.25, 0.3) is 4.87 Å². The van der Waals surface area contributed by atoms with E-state index < -0.39 is 26.8 Å². The number of ether oxygens (including phenoxy) is 2. The Hall–Kier alpha value is -1.48. The van der Waals surface area contributed by atoms with Crippen LogP contribution in [0.3, 0.4) is 0 Å². The van der Waals surface area contributed by atoms with Crippen LogP contribution in [0.4, 0.5) is 0 Å². The molecular weight excluding hydrogens is 334 g/mol. The Morgan fingerprint density at radius 2 is 2.00 bits per heavy atom. The second-order valence-electron chi connectivity index (χ2n) is 6.23. The van der Waals surface area contributed by atoms with Gasteiger partial charge in [0.05, 0.1) is 24.7 Å². The van der Waals surface area contributed by atoms with E-state index in [4.69, 9.17) is 9.47 Å². The number of methoxy groups -OCH3 is 1. The lowest BCUT2D eigenvalue weighted by atomic mass is 10.2. The van der Waals surface area contributed by atoms with E-state index in [0.717, 1.165) is 7.11 Å². The van der Waals surface area contributed by atoms with Crippen LogP contribution in [-0.2, 0) is 24.1 Å². The van der Waals surface area contributed by atoms with Gasteiger partial charge in [0.1, 0.15) is 0 Å². The second kappa shape index (κ2) is 7.18. The standard InChI is InChI=1S/C16H23NO6S/c1-12(2)11-23-13-9-16(15(18)22-3,17(19)10-13)24(20,21)14-7-5-4-6-8-14/h4-8,12-13,19H,9-11H2,1-3H3/t13-,16-/m1/s1. The molecule has 0 spiro atoms. The third kappa shape index (κ3) is 3.19. The predicted molar refractivity (Wildman–Crippen MR) is 86.1 cm³/mol. The lowest BCUT2D eigenvalue weighted by molar-refractivity contribution is -0.171. The molecule has 0 radical (unpaired) electrons. The van der Waals surface area contributed by atoms with Crippen LogP contribution in [-0.4, -0.2) is 55.9 Å². The Balaban J connectivity index is 2.43. The molecule has 1 N–H and O–H groups in total. The van der Waals surface area contributed by atoms with Crippen LogP contribution in [0.25, 0.3) is 0 Å². The average Bonchev–Trinajstić information content (AvgIpc) is 2.91. The third-order valence-electron chi connectivity index (χ3n) is 3.97. The molecule has 1 aliphatic heterocycles. The first-order valence-electron chi connectivity index (χ1n) is 7.72. The van der Waals surface area contributed by atoms with Gasteiger partial charge in [-0.15, -0.1) is 0 Å². The summed E-state index contributed by atoms with van der Waals surface area (Å²) in [5, 5.41) is 10.9. The first-order chi connectivity index (χ1) is 11.3. The van der Waals surface area contributed by atoms with Gasteiger partial charge in [-0.3, -0.25) is 0 Å². The van der Waals surface area contributed by atoms with E-state index in [1.54, 1.807) is 18.2 Å². The van der Waals surface area contributed by atoms with Gasteiger partial charge in [-0.05, 0) is 18.1 Å². The molecule has 1 heterocycles. The van der Waals surface area contributed by atoms with Crippen LogP contribution < -0.4 is 0 Å². The predicted octanol–water partition coefficient (Wildman–Crippen LogP) is 1.47. The van der Waals surface area contributed by atoms with Crippen LogP contribution in [0.1, 0.15) is 20.3 Å². The van der Waals surface area contributed by atoms with E-state index in [1.807, 2.05) is 13.8 Å². The zero-order chi connectivity index (χ0) is 18.0. The highest BCUT2D eigenvalue weighted by Gasteiger charge is 2.62. The first-order valence-corrected chi connectivity index (χ1v) is 9.20. The van der Waals surface area contributed by atoms with Gasteiger partial charge >= 0.3 is 5.97 Å². The maximum absolute atomic E-state index is 13.1. The number of carbonyl (C=O) groups excluding carboxylic acids is 1. The van der Waals surface area contributed by atoms with Crippen molar-refractivity contribution in [2.75, 3.05) is 20.3 Å². The Bertz CT molecular complexity index is 675. The monoisotopic (exact) mass is 357 g/mol. The molecule has 2 rings (SSSR count). The molecule has 0 aromatic heterocycles. The summed E-state index contributed by atoms with van der Waals surface area (Å²) in [7, 11) is -3.11. The highest BCUT2D eigenvalue weighted by Crippen LogP contribution is 2.39. The zero-order valence-corrected chi connectivity index (χ0v) is 14.8. The summed E-state index contributed by atoms with van der Waals surface area (Å²) in [4.78, 5) is 10.1. The fourth-order valence-electron chi connectivity index (χ4n) is 2.76. The van der Waals surface area contributed by atoms with Gasteiger partial charge in [0, 0.05) is 13.0 Å². The fraction of sp³-hybridized carbons (Fsp3) is 0.562. The summed E-state index contributed by atoms with van der Waals surface area (Å²) in [6.07, 6.45) is -0.782. The van der Waals surface area contributed by atoms with Gasteiger partial charge < -0.3 is 14.7 Å². The number of esters is 1. The van der Waals surface area contributed by atoms with Crippen LogP contribution >= 0.6 is 0 Å². The number of carbonyl (C=O) groups is 1. The SMILES string of the molecule is COC(=O)[C@]1(S(=O)(=O)c2ccccc2)C[C@@H](OCC(C)C)CN1O. The van der Waals surface area contributed by atoms with E-state index in [-0.39, 0.29) is 23.8 Å². The van der Waals surface area contributed by atoms with Crippen molar-refractivity contribution in [2.45, 2.75) is 36.1 Å². The Morgan fingerprint density at radius 3 is 2.54 bits per heavy atom. The van der Waals surface area contributed by atoms with Crippen LogP contribution in [0.5, 0.6) is 0 Å². The summed E-state index contributed by atoms with van der Waals surface area (Å²) in [5.74, 6) is -0.777. The molecule has 0 unspecified atom stereocenters. The zero-order valence-electron chi connectivity index (χ0n) is 14.0. The van der Waals surface area contributed by atoms with E-state index in [9.17, 15) is 18.4 Å². The Kier molecular flexibility index (Phi) is 5.64. The summed E-state index contributed by atoms with van der Waals surface area (Å²) in [5.41, 5.74) is 0. The molecular formula is C16H23NO6S. The number of sulfone groups is 1. The van der Waals surface area contributed by atoms with Gasteiger partial charge in [-0.1, -0.05) is 32.0 Å². The molecule has 7 nitrogen and oxygen atoms in total. The lowest BCUT2D eigenvalue weighted by Crippen LogP contribution is -2.55.